The van der Waals surface area contributed by atoms with Crippen molar-refractivity contribution in [3.8, 4) is 0 Å². The summed E-state index contributed by atoms with van der Waals surface area (Å²) in [5.74, 6) is -0.0414. The molecule has 1 amide bonds. The zero-order chi connectivity index (χ0) is 16.9. The molecule has 0 aromatic heterocycles. The number of hydrogen-bond acceptors (Lipinski definition) is 3. The molecular formula is C19H25NO3. The molecule has 4 heteroatoms. The fraction of sp³-hybridized carbons (Fsp3) is 0.474. The van der Waals surface area contributed by atoms with E-state index in [4.69, 9.17) is 4.74 Å². The van der Waals surface area contributed by atoms with Gasteiger partial charge in [-0.15, -0.1) is 0 Å². The number of amides is 1. The van der Waals surface area contributed by atoms with Gasteiger partial charge in [0.2, 0.25) is 0 Å². The Labute approximate surface area is 138 Å². The first kappa shape index (κ1) is 17.3. The Morgan fingerprint density at radius 3 is 2.52 bits per heavy atom. The summed E-state index contributed by atoms with van der Waals surface area (Å²) >= 11 is 0. The Kier molecular flexibility index (Phi) is 5.59. The van der Waals surface area contributed by atoms with Crippen molar-refractivity contribution < 1.29 is 14.3 Å². The van der Waals surface area contributed by atoms with Crippen molar-refractivity contribution in [1.82, 2.24) is 4.90 Å². The van der Waals surface area contributed by atoms with Gasteiger partial charge in [-0.1, -0.05) is 36.4 Å². The molecule has 0 aliphatic carbocycles. The predicted octanol–water partition coefficient (Wildman–Crippen LogP) is 4.22. The molecule has 1 heterocycles. The summed E-state index contributed by atoms with van der Waals surface area (Å²) in [6, 6.07) is 9.07. The number of likely N-dealkylation sites (tertiary alicyclic amines) is 1. The van der Waals surface area contributed by atoms with Crippen LogP contribution in [0.25, 0.3) is 0 Å². The van der Waals surface area contributed by atoms with Crippen molar-refractivity contribution in [2.24, 2.45) is 0 Å². The van der Waals surface area contributed by atoms with Crippen LogP contribution in [0.3, 0.4) is 0 Å². The first-order chi connectivity index (χ1) is 10.9. The topological polar surface area (TPSA) is 46.6 Å². The highest BCUT2D eigenvalue weighted by atomic mass is 16.6. The van der Waals surface area contributed by atoms with Crippen LogP contribution in [0.5, 0.6) is 0 Å². The van der Waals surface area contributed by atoms with Gasteiger partial charge in [-0.05, 0) is 46.1 Å². The average molecular weight is 315 g/mol. The van der Waals surface area contributed by atoms with Crippen molar-refractivity contribution in [1.29, 1.82) is 0 Å². The highest BCUT2D eigenvalue weighted by Crippen LogP contribution is 2.21. The molecular weight excluding hydrogens is 290 g/mol. The van der Waals surface area contributed by atoms with Gasteiger partial charge in [0.1, 0.15) is 5.60 Å². The number of benzene rings is 1. The van der Waals surface area contributed by atoms with Gasteiger partial charge in [-0.2, -0.15) is 0 Å². The second-order valence-electron chi connectivity index (χ2n) is 6.83. The van der Waals surface area contributed by atoms with E-state index < -0.39 is 5.60 Å². The Balaban J connectivity index is 2.05. The van der Waals surface area contributed by atoms with E-state index in [0.717, 1.165) is 19.3 Å². The first-order valence-corrected chi connectivity index (χ1v) is 8.14. The van der Waals surface area contributed by atoms with E-state index >= 15 is 0 Å². The van der Waals surface area contributed by atoms with Crippen LogP contribution in [0.4, 0.5) is 4.79 Å². The highest BCUT2D eigenvalue weighted by Gasteiger charge is 2.29. The summed E-state index contributed by atoms with van der Waals surface area (Å²) in [6.45, 7) is 6.25. The summed E-state index contributed by atoms with van der Waals surface area (Å²) in [7, 11) is 0. The van der Waals surface area contributed by atoms with Crippen LogP contribution < -0.4 is 0 Å². The number of carbonyl (C=O) groups excluding carboxylic acids is 2. The van der Waals surface area contributed by atoms with Crippen molar-refractivity contribution in [3.63, 3.8) is 0 Å². The van der Waals surface area contributed by atoms with E-state index in [2.05, 4.69) is 0 Å². The summed E-state index contributed by atoms with van der Waals surface area (Å²) in [6.07, 6.45) is 5.97. The molecule has 0 N–H and O–H groups in total. The van der Waals surface area contributed by atoms with Gasteiger partial charge in [-0.3, -0.25) is 4.79 Å². The number of allylic oxidation sites excluding steroid dienone is 1. The molecule has 1 aromatic carbocycles. The quantitative estimate of drug-likeness (QED) is 0.620. The number of hydrogen-bond donors (Lipinski definition) is 0. The fourth-order valence-electron chi connectivity index (χ4n) is 2.60. The molecule has 1 unspecified atom stereocenters. The SMILES string of the molecule is CC(C)(C)OC(=O)N1CCCCC1/C=C/C(=O)c1ccccc1. The number of rotatable bonds is 3. The van der Waals surface area contributed by atoms with Gasteiger partial charge < -0.3 is 9.64 Å². The van der Waals surface area contributed by atoms with Crippen molar-refractivity contribution in [2.75, 3.05) is 6.54 Å². The normalized spacial score (nSPS) is 18.9. The molecule has 1 atom stereocenters. The highest BCUT2D eigenvalue weighted by molar-refractivity contribution is 6.04. The zero-order valence-corrected chi connectivity index (χ0v) is 14.1. The number of carbonyl (C=O) groups is 2. The lowest BCUT2D eigenvalue weighted by Gasteiger charge is -2.35. The molecule has 1 aliphatic rings. The third-order valence-corrected chi connectivity index (χ3v) is 3.71. The minimum atomic E-state index is -0.511. The average Bonchev–Trinajstić information content (AvgIpc) is 2.52. The maximum atomic E-state index is 12.3. The third-order valence-electron chi connectivity index (χ3n) is 3.71. The number of nitrogens with zero attached hydrogens (tertiary/aromatic N) is 1. The third kappa shape index (κ3) is 5.23. The molecule has 0 saturated carbocycles. The zero-order valence-electron chi connectivity index (χ0n) is 14.1. The van der Waals surface area contributed by atoms with Crippen LogP contribution >= 0.6 is 0 Å². The Hall–Kier alpha value is -2.10. The summed E-state index contributed by atoms with van der Waals surface area (Å²) in [4.78, 5) is 26.2. The minimum Gasteiger partial charge on any atom is -0.444 e. The van der Waals surface area contributed by atoms with Crippen molar-refractivity contribution >= 4 is 11.9 Å². The second-order valence-corrected chi connectivity index (χ2v) is 6.83. The fourth-order valence-corrected chi connectivity index (χ4v) is 2.60. The van der Waals surface area contributed by atoms with Crippen LogP contribution in [0, 0.1) is 0 Å². The summed E-state index contributed by atoms with van der Waals surface area (Å²) in [5, 5.41) is 0. The Morgan fingerprint density at radius 1 is 1.17 bits per heavy atom. The second kappa shape index (κ2) is 7.44. The van der Waals surface area contributed by atoms with Gasteiger partial charge in [0, 0.05) is 12.1 Å². The van der Waals surface area contributed by atoms with Crippen molar-refractivity contribution in [2.45, 2.75) is 51.7 Å². The smallest absolute Gasteiger partial charge is 0.410 e. The predicted molar refractivity (Wildman–Crippen MR) is 90.5 cm³/mol. The van der Waals surface area contributed by atoms with Crippen molar-refractivity contribution in [3.05, 3.63) is 48.0 Å². The largest absolute Gasteiger partial charge is 0.444 e. The molecule has 2 rings (SSSR count). The Morgan fingerprint density at radius 2 is 1.87 bits per heavy atom. The molecule has 4 nitrogen and oxygen atoms in total. The van der Waals surface area contributed by atoms with Gasteiger partial charge in [0.25, 0.3) is 0 Å². The summed E-state index contributed by atoms with van der Waals surface area (Å²) in [5.41, 5.74) is 0.145. The van der Waals surface area contributed by atoms with Crippen LogP contribution in [0.2, 0.25) is 0 Å². The van der Waals surface area contributed by atoms with E-state index in [1.807, 2.05) is 45.0 Å². The van der Waals surface area contributed by atoms with Gasteiger partial charge in [0.05, 0.1) is 6.04 Å². The standard InChI is InChI=1S/C19H25NO3/c1-19(2,3)23-18(22)20-14-8-7-11-16(20)12-13-17(21)15-9-5-4-6-10-15/h4-6,9-10,12-13,16H,7-8,11,14H2,1-3H3/b13-12+. The van der Waals surface area contributed by atoms with Gasteiger partial charge in [0.15, 0.2) is 5.78 Å². The molecule has 1 fully saturated rings. The molecule has 1 saturated heterocycles. The van der Waals surface area contributed by atoms with Gasteiger partial charge in [-0.25, -0.2) is 4.79 Å². The van der Waals surface area contributed by atoms with Crippen LogP contribution in [-0.2, 0) is 4.74 Å². The van der Waals surface area contributed by atoms with Crippen LogP contribution in [-0.4, -0.2) is 35.0 Å². The monoisotopic (exact) mass is 315 g/mol. The van der Waals surface area contributed by atoms with E-state index in [1.165, 1.54) is 0 Å². The Bertz CT molecular complexity index is 572. The molecule has 1 aliphatic heterocycles. The van der Waals surface area contributed by atoms with Crippen LogP contribution in [0.15, 0.2) is 42.5 Å². The van der Waals surface area contributed by atoms with E-state index in [-0.39, 0.29) is 17.9 Å². The first-order valence-electron chi connectivity index (χ1n) is 8.14. The number of piperidine rings is 1. The molecule has 0 radical (unpaired) electrons. The lowest BCUT2D eigenvalue weighted by Crippen LogP contribution is -2.45. The lowest BCUT2D eigenvalue weighted by atomic mass is 10.0. The molecule has 0 spiro atoms. The molecule has 1 aromatic rings. The minimum absolute atomic E-state index is 0.0414. The number of ether oxygens (including phenoxy) is 1. The maximum Gasteiger partial charge on any atom is 0.410 e. The molecule has 0 bridgehead atoms. The summed E-state index contributed by atoms with van der Waals surface area (Å²) < 4.78 is 5.47. The molecule has 124 valence electrons. The lowest BCUT2D eigenvalue weighted by molar-refractivity contribution is 0.0149. The van der Waals surface area contributed by atoms with Crippen LogP contribution in [0.1, 0.15) is 50.4 Å². The molecule has 23 heavy (non-hydrogen) atoms. The van der Waals surface area contributed by atoms with E-state index in [1.54, 1.807) is 23.1 Å². The maximum absolute atomic E-state index is 12.3. The van der Waals surface area contributed by atoms with E-state index in [9.17, 15) is 9.59 Å². The number of ketones is 1. The van der Waals surface area contributed by atoms with Gasteiger partial charge >= 0.3 is 6.09 Å². The van der Waals surface area contributed by atoms with E-state index in [0.29, 0.717) is 12.1 Å².